The van der Waals surface area contributed by atoms with Crippen molar-refractivity contribution in [1.29, 1.82) is 0 Å². The summed E-state index contributed by atoms with van der Waals surface area (Å²) in [6.45, 7) is 4.70. The summed E-state index contributed by atoms with van der Waals surface area (Å²) in [7, 11) is 3.83. The van der Waals surface area contributed by atoms with Crippen molar-refractivity contribution < 1.29 is 9.18 Å². The fourth-order valence-electron chi connectivity index (χ4n) is 4.73. The monoisotopic (exact) mass is 425 g/mol. The molecular formula is C24H32FN5O. The summed E-state index contributed by atoms with van der Waals surface area (Å²) in [6, 6.07) is 6.69. The zero-order valence-electron chi connectivity index (χ0n) is 18.8. The molecule has 166 valence electrons. The molecule has 3 heterocycles. The molecule has 0 N–H and O–H groups in total. The molecule has 2 aliphatic rings. The van der Waals surface area contributed by atoms with E-state index in [1.54, 1.807) is 12.1 Å². The molecule has 6 nitrogen and oxygen atoms in total. The number of aryl methyl sites for hydroxylation is 1. The van der Waals surface area contributed by atoms with Gasteiger partial charge in [-0.1, -0.05) is 12.1 Å². The number of carbonyl (C=O) groups excluding carboxylic acids is 1. The predicted molar refractivity (Wildman–Crippen MR) is 119 cm³/mol. The Kier molecular flexibility index (Phi) is 6.51. The van der Waals surface area contributed by atoms with Gasteiger partial charge in [0.1, 0.15) is 11.6 Å². The molecule has 0 saturated carbocycles. The van der Waals surface area contributed by atoms with Gasteiger partial charge in [-0.3, -0.25) is 4.79 Å². The molecule has 4 rings (SSSR count). The number of likely N-dealkylation sites (N-methyl/N-ethyl adjacent to an activating group) is 1. The third kappa shape index (κ3) is 4.87. The number of carbonyl (C=O) groups is 1. The standard InChI is InChI=1S/C24H32FN5O/c1-17-20-10-7-12-29(15-18-8-6-9-19(25)14-18)24(20)27-23(26-17)21-11-4-5-13-30(21)22(31)16-28(2)3/h6,8-9,14,21H,4-5,7,10-13,15-16H2,1-3H3/t21-/m1/s1. The molecule has 0 spiro atoms. The van der Waals surface area contributed by atoms with Gasteiger partial charge in [0.15, 0.2) is 5.82 Å². The average Bonchev–Trinajstić information content (AvgIpc) is 2.74. The molecule has 31 heavy (non-hydrogen) atoms. The van der Waals surface area contributed by atoms with Gasteiger partial charge in [0.2, 0.25) is 5.91 Å². The van der Waals surface area contributed by atoms with Gasteiger partial charge in [-0.25, -0.2) is 14.4 Å². The maximum Gasteiger partial charge on any atom is 0.237 e. The Morgan fingerprint density at radius 1 is 1.19 bits per heavy atom. The Bertz CT molecular complexity index is 948. The Morgan fingerprint density at radius 2 is 2.03 bits per heavy atom. The maximum atomic E-state index is 13.7. The van der Waals surface area contributed by atoms with Crippen LogP contribution in [0.1, 0.15) is 54.4 Å². The van der Waals surface area contributed by atoms with Crippen LogP contribution in [-0.4, -0.2) is 59.4 Å². The Labute approximate surface area is 184 Å². The SMILES string of the molecule is Cc1nc([C@H]2CCCCN2C(=O)CN(C)C)nc2c1CCCN2Cc1cccc(F)c1. The second-order valence-electron chi connectivity index (χ2n) is 8.96. The highest BCUT2D eigenvalue weighted by Crippen LogP contribution is 2.34. The van der Waals surface area contributed by atoms with Gasteiger partial charge in [0, 0.05) is 30.9 Å². The summed E-state index contributed by atoms with van der Waals surface area (Å²) < 4.78 is 13.7. The Morgan fingerprint density at radius 3 is 2.81 bits per heavy atom. The molecule has 0 bridgehead atoms. The Balaban J connectivity index is 1.65. The van der Waals surface area contributed by atoms with Crippen LogP contribution >= 0.6 is 0 Å². The van der Waals surface area contributed by atoms with Gasteiger partial charge >= 0.3 is 0 Å². The van der Waals surface area contributed by atoms with Crippen molar-refractivity contribution >= 4 is 11.7 Å². The zero-order chi connectivity index (χ0) is 22.0. The van der Waals surface area contributed by atoms with Gasteiger partial charge in [-0.15, -0.1) is 0 Å². The summed E-state index contributed by atoms with van der Waals surface area (Å²) in [5, 5.41) is 0. The molecule has 1 fully saturated rings. The van der Waals surface area contributed by atoms with Crippen molar-refractivity contribution in [3.8, 4) is 0 Å². The predicted octanol–water partition coefficient (Wildman–Crippen LogP) is 3.49. The normalized spacial score (nSPS) is 18.9. The maximum absolute atomic E-state index is 13.7. The minimum Gasteiger partial charge on any atom is -0.352 e. The number of nitrogens with zero attached hydrogens (tertiary/aromatic N) is 5. The van der Waals surface area contributed by atoms with Crippen LogP contribution in [0.25, 0.3) is 0 Å². The van der Waals surface area contributed by atoms with Crippen LogP contribution in [0.15, 0.2) is 24.3 Å². The summed E-state index contributed by atoms with van der Waals surface area (Å²) in [6.07, 6.45) is 4.97. The first-order chi connectivity index (χ1) is 14.9. The van der Waals surface area contributed by atoms with Crippen LogP contribution in [0.5, 0.6) is 0 Å². The number of anilines is 1. The number of piperidine rings is 1. The number of fused-ring (bicyclic) bond motifs is 1. The number of aromatic nitrogens is 2. The number of amides is 1. The lowest BCUT2D eigenvalue weighted by atomic mass is 9.99. The van der Waals surface area contributed by atoms with Crippen molar-refractivity contribution in [1.82, 2.24) is 19.8 Å². The molecule has 0 aliphatic carbocycles. The van der Waals surface area contributed by atoms with E-state index in [9.17, 15) is 9.18 Å². The number of halogens is 1. The van der Waals surface area contributed by atoms with E-state index in [4.69, 9.17) is 9.97 Å². The molecule has 1 amide bonds. The van der Waals surface area contributed by atoms with Crippen LogP contribution in [0.4, 0.5) is 10.2 Å². The molecule has 1 aromatic heterocycles. The van der Waals surface area contributed by atoms with E-state index in [2.05, 4.69) is 4.90 Å². The molecule has 1 atom stereocenters. The van der Waals surface area contributed by atoms with E-state index < -0.39 is 0 Å². The van der Waals surface area contributed by atoms with E-state index in [-0.39, 0.29) is 17.8 Å². The highest BCUT2D eigenvalue weighted by Gasteiger charge is 2.32. The number of benzene rings is 1. The molecule has 2 aliphatic heterocycles. The second-order valence-corrected chi connectivity index (χ2v) is 8.96. The lowest BCUT2D eigenvalue weighted by Crippen LogP contribution is -2.43. The molecule has 1 aromatic carbocycles. The van der Waals surface area contributed by atoms with Crippen molar-refractivity contribution in [3.63, 3.8) is 0 Å². The lowest BCUT2D eigenvalue weighted by molar-refractivity contribution is -0.135. The number of likely N-dealkylation sites (tertiary alicyclic amines) is 1. The molecule has 7 heteroatoms. The highest BCUT2D eigenvalue weighted by atomic mass is 19.1. The van der Waals surface area contributed by atoms with Crippen molar-refractivity contribution in [3.05, 3.63) is 52.7 Å². The summed E-state index contributed by atoms with van der Waals surface area (Å²) in [4.78, 5) is 28.9. The fourth-order valence-corrected chi connectivity index (χ4v) is 4.73. The van der Waals surface area contributed by atoms with E-state index in [0.29, 0.717) is 13.1 Å². The van der Waals surface area contributed by atoms with Crippen LogP contribution in [-0.2, 0) is 17.8 Å². The first-order valence-corrected chi connectivity index (χ1v) is 11.2. The smallest absolute Gasteiger partial charge is 0.237 e. The van der Waals surface area contributed by atoms with E-state index >= 15 is 0 Å². The molecule has 2 aromatic rings. The molecular weight excluding hydrogens is 393 g/mol. The first-order valence-electron chi connectivity index (χ1n) is 11.2. The van der Waals surface area contributed by atoms with Gasteiger partial charge in [0.05, 0.1) is 12.6 Å². The van der Waals surface area contributed by atoms with E-state index in [0.717, 1.165) is 68.1 Å². The van der Waals surface area contributed by atoms with Crippen molar-refractivity contribution in [2.75, 3.05) is 38.6 Å². The number of rotatable bonds is 5. The quantitative estimate of drug-likeness (QED) is 0.734. The van der Waals surface area contributed by atoms with Crippen molar-refractivity contribution in [2.45, 2.75) is 51.6 Å². The number of hydrogen-bond donors (Lipinski definition) is 0. The summed E-state index contributed by atoms with van der Waals surface area (Å²) in [5.74, 6) is 1.61. The summed E-state index contributed by atoms with van der Waals surface area (Å²) in [5.41, 5.74) is 3.11. The first kappa shape index (κ1) is 21.7. The minimum absolute atomic E-state index is 0.0804. The van der Waals surface area contributed by atoms with Crippen LogP contribution < -0.4 is 4.90 Å². The van der Waals surface area contributed by atoms with Gasteiger partial charge in [-0.2, -0.15) is 0 Å². The topological polar surface area (TPSA) is 52.6 Å². The van der Waals surface area contributed by atoms with E-state index in [1.165, 1.54) is 11.6 Å². The third-order valence-corrected chi connectivity index (χ3v) is 6.20. The lowest BCUT2D eigenvalue weighted by Gasteiger charge is -2.37. The van der Waals surface area contributed by atoms with E-state index in [1.807, 2.05) is 36.9 Å². The zero-order valence-corrected chi connectivity index (χ0v) is 18.8. The summed E-state index contributed by atoms with van der Waals surface area (Å²) >= 11 is 0. The number of hydrogen-bond acceptors (Lipinski definition) is 5. The fraction of sp³-hybridized carbons (Fsp3) is 0.542. The largest absolute Gasteiger partial charge is 0.352 e. The molecule has 1 saturated heterocycles. The molecule has 0 unspecified atom stereocenters. The molecule has 0 radical (unpaired) electrons. The van der Waals surface area contributed by atoms with Gasteiger partial charge in [-0.05, 0) is 70.8 Å². The minimum atomic E-state index is -0.216. The van der Waals surface area contributed by atoms with Crippen LogP contribution in [0.3, 0.4) is 0 Å². The van der Waals surface area contributed by atoms with Gasteiger partial charge < -0.3 is 14.7 Å². The van der Waals surface area contributed by atoms with Gasteiger partial charge in [0.25, 0.3) is 0 Å². The third-order valence-electron chi connectivity index (χ3n) is 6.20. The average molecular weight is 426 g/mol. The van der Waals surface area contributed by atoms with Crippen LogP contribution in [0, 0.1) is 12.7 Å². The van der Waals surface area contributed by atoms with Crippen LogP contribution in [0.2, 0.25) is 0 Å². The second kappa shape index (κ2) is 9.30. The van der Waals surface area contributed by atoms with Crippen molar-refractivity contribution in [2.24, 2.45) is 0 Å². The highest BCUT2D eigenvalue weighted by molar-refractivity contribution is 5.78. The Hall–Kier alpha value is -2.54.